The van der Waals surface area contributed by atoms with E-state index in [9.17, 15) is 4.79 Å². The maximum absolute atomic E-state index is 12.3. The van der Waals surface area contributed by atoms with Crippen LogP contribution in [-0.2, 0) is 9.53 Å². The van der Waals surface area contributed by atoms with Gasteiger partial charge in [-0.3, -0.25) is 10.1 Å². The molecular weight excluding hydrogens is 330 g/mol. The number of ether oxygens (including phenoxy) is 1. The van der Waals surface area contributed by atoms with Crippen molar-refractivity contribution in [1.82, 2.24) is 10.5 Å². The normalized spacial score (nSPS) is 21.6. The van der Waals surface area contributed by atoms with Crippen LogP contribution in [0.3, 0.4) is 0 Å². The zero-order valence-electron chi connectivity index (χ0n) is 13.6. The van der Waals surface area contributed by atoms with Crippen LogP contribution in [0.1, 0.15) is 30.7 Å². The number of hydrogen-bond donors (Lipinski definition) is 2. The lowest BCUT2D eigenvalue weighted by molar-refractivity contribution is -0.118. The molecule has 1 aromatic heterocycles. The average Bonchev–Trinajstić information content (AvgIpc) is 3.17. The fourth-order valence-corrected chi connectivity index (χ4v) is 2.92. The Labute approximate surface area is 145 Å². The fraction of sp³-hybridized carbons (Fsp3) is 0.412. The number of halogens is 1. The molecule has 6 nitrogen and oxygen atoms in total. The van der Waals surface area contributed by atoms with E-state index in [1.165, 1.54) is 0 Å². The molecule has 7 heteroatoms. The largest absolute Gasteiger partial charge is 0.372 e. The number of nitrogens with one attached hydrogen (secondary N) is 2. The number of aromatic nitrogens is 1. The monoisotopic (exact) mass is 349 g/mol. The number of anilines is 1. The highest BCUT2D eigenvalue weighted by molar-refractivity contribution is 6.30. The van der Waals surface area contributed by atoms with Gasteiger partial charge >= 0.3 is 0 Å². The van der Waals surface area contributed by atoms with Gasteiger partial charge in [0.15, 0.2) is 0 Å². The van der Waals surface area contributed by atoms with Crippen LogP contribution >= 0.6 is 11.6 Å². The lowest BCUT2D eigenvalue weighted by atomic mass is 10.0. The standard InChI is InChI=1S/C17H20ClN3O3/c1-10-9-15(24-21-10)20-17(22)11(2)19-14-7-8-23-16(14)12-3-5-13(18)6-4-12/h3-6,9,11,14,16,19H,7-8H2,1-2H3,(H,20,22)/t11-,14-,16-/m0/s1. The molecule has 0 bridgehead atoms. The van der Waals surface area contributed by atoms with Crippen LogP contribution in [0.5, 0.6) is 0 Å². The van der Waals surface area contributed by atoms with E-state index in [0.717, 1.165) is 17.7 Å². The van der Waals surface area contributed by atoms with Crippen molar-refractivity contribution in [2.24, 2.45) is 0 Å². The van der Waals surface area contributed by atoms with E-state index < -0.39 is 6.04 Å². The highest BCUT2D eigenvalue weighted by Crippen LogP contribution is 2.30. The minimum Gasteiger partial charge on any atom is -0.372 e. The van der Waals surface area contributed by atoms with Gasteiger partial charge in [0.1, 0.15) is 0 Å². The quantitative estimate of drug-likeness (QED) is 0.867. The van der Waals surface area contributed by atoms with Crippen molar-refractivity contribution in [3.05, 3.63) is 46.6 Å². The highest BCUT2D eigenvalue weighted by atomic mass is 35.5. The van der Waals surface area contributed by atoms with Gasteiger partial charge in [0, 0.05) is 23.7 Å². The van der Waals surface area contributed by atoms with Crippen LogP contribution in [0.4, 0.5) is 5.88 Å². The average molecular weight is 350 g/mol. The van der Waals surface area contributed by atoms with Crippen molar-refractivity contribution in [3.63, 3.8) is 0 Å². The van der Waals surface area contributed by atoms with E-state index in [1.807, 2.05) is 31.2 Å². The van der Waals surface area contributed by atoms with Crippen molar-refractivity contribution in [3.8, 4) is 0 Å². The summed E-state index contributed by atoms with van der Waals surface area (Å²) in [6.07, 6.45) is 0.747. The molecule has 1 aliphatic heterocycles. The smallest absolute Gasteiger partial charge is 0.243 e. The summed E-state index contributed by atoms with van der Waals surface area (Å²) in [5.74, 6) is 0.177. The maximum Gasteiger partial charge on any atom is 0.243 e. The Morgan fingerprint density at radius 1 is 1.38 bits per heavy atom. The summed E-state index contributed by atoms with van der Waals surface area (Å²) < 4.78 is 10.8. The Bertz CT molecular complexity index is 701. The molecule has 0 spiro atoms. The fourth-order valence-electron chi connectivity index (χ4n) is 2.79. The van der Waals surface area contributed by atoms with Crippen LogP contribution in [0.2, 0.25) is 5.02 Å². The number of hydrogen-bond acceptors (Lipinski definition) is 5. The summed E-state index contributed by atoms with van der Waals surface area (Å²) in [7, 11) is 0. The van der Waals surface area contributed by atoms with Gasteiger partial charge in [-0.2, -0.15) is 0 Å². The van der Waals surface area contributed by atoms with Gasteiger partial charge < -0.3 is 14.6 Å². The van der Waals surface area contributed by atoms with Crippen molar-refractivity contribution in [2.75, 3.05) is 11.9 Å². The summed E-state index contributed by atoms with van der Waals surface area (Å²) in [6.45, 7) is 4.27. The summed E-state index contributed by atoms with van der Waals surface area (Å²) in [4.78, 5) is 12.3. The van der Waals surface area contributed by atoms with Gasteiger partial charge in [0.2, 0.25) is 11.8 Å². The Hall–Kier alpha value is -1.89. The van der Waals surface area contributed by atoms with Crippen molar-refractivity contribution in [1.29, 1.82) is 0 Å². The summed E-state index contributed by atoms with van der Waals surface area (Å²) in [5, 5.41) is 10.5. The molecule has 2 heterocycles. The molecule has 3 rings (SSSR count). The first-order valence-corrected chi connectivity index (χ1v) is 8.28. The highest BCUT2D eigenvalue weighted by Gasteiger charge is 2.32. The number of rotatable bonds is 5. The van der Waals surface area contributed by atoms with E-state index >= 15 is 0 Å². The third kappa shape index (κ3) is 3.95. The predicted octanol–water partition coefficient (Wildman–Crippen LogP) is 3.08. The van der Waals surface area contributed by atoms with E-state index in [0.29, 0.717) is 17.5 Å². The van der Waals surface area contributed by atoms with Gasteiger partial charge in [-0.15, -0.1) is 0 Å². The molecule has 2 N–H and O–H groups in total. The molecule has 0 saturated carbocycles. The van der Waals surface area contributed by atoms with Crippen LogP contribution in [0.15, 0.2) is 34.9 Å². The predicted molar refractivity (Wildman–Crippen MR) is 91.0 cm³/mol. The van der Waals surface area contributed by atoms with Crippen LogP contribution < -0.4 is 10.6 Å². The second-order valence-corrected chi connectivity index (χ2v) is 6.38. The summed E-state index contributed by atoms with van der Waals surface area (Å²) in [5.41, 5.74) is 1.77. The third-order valence-electron chi connectivity index (χ3n) is 4.02. The molecular formula is C17H20ClN3O3. The lowest BCUT2D eigenvalue weighted by Gasteiger charge is -2.23. The van der Waals surface area contributed by atoms with Gasteiger partial charge in [-0.25, -0.2) is 0 Å². The van der Waals surface area contributed by atoms with Crippen molar-refractivity contribution < 1.29 is 14.1 Å². The van der Waals surface area contributed by atoms with Crippen molar-refractivity contribution in [2.45, 2.75) is 38.5 Å². The number of nitrogens with zero attached hydrogens (tertiary/aromatic N) is 1. The number of carbonyl (C=O) groups is 1. The molecule has 0 radical (unpaired) electrons. The van der Waals surface area contributed by atoms with Crippen LogP contribution in [-0.4, -0.2) is 29.8 Å². The van der Waals surface area contributed by atoms with Crippen LogP contribution in [0, 0.1) is 6.92 Å². The van der Waals surface area contributed by atoms with E-state index in [-0.39, 0.29) is 18.1 Å². The number of aryl methyl sites for hydroxylation is 1. The number of carbonyl (C=O) groups excluding carboxylic acids is 1. The second-order valence-electron chi connectivity index (χ2n) is 5.95. The maximum atomic E-state index is 12.3. The molecule has 1 saturated heterocycles. The zero-order valence-corrected chi connectivity index (χ0v) is 14.3. The minimum absolute atomic E-state index is 0.0587. The molecule has 1 aliphatic rings. The molecule has 3 atom stereocenters. The van der Waals surface area contributed by atoms with Gasteiger partial charge in [0.25, 0.3) is 0 Å². The Kier molecular flexibility index (Phi) is 5.18. The minimum atomic E-state index is -0.392. The number of benzene rings is 1. The molecule has 0 unspecified atom stereocenters. The Morgan fingerprint density at radius 3 is 2.79 bits per heavy atom. The molecule has 128 valence electrons. The topological polar surface area (TPSA) is 76.4 Å². The first-order chi connectivity index (χ1) is 11.5. The molecule has 2 aromatic rings. The molecule has 1 amide bonds. The lowest BCUT2D eigenvalue weighted by Crippen LogP contribution is -2.45. The zero-order chi connectivity index (χ0) is 17.1. The summed E-state index contributed by atoms with van der Waals surface area (Å²) >= 11 is 5.94. The van der Waals surface area contributed by atoms with Gasteiger partial charge in [0.05, 0.1) is 17.8 Å². The molecule has 24 heavy (non-hydrogen) atoms. The molecule has 0 aliphatic carbocycles. The van der Waals surface area contributed by atoms with Crippen molar-refractivity contribution >= 4 is 23.4 Å². The van der Waals surface area contributed by atoms with E-state index in [4.69, 9.17) is 20.9 Å². The first-order valence-electron chi connectivity index (χ1n) is 7.90. The van der Waals surface area contributed by atoms with E-state index in [2.05, 4.69) is 15.8 Å². The first kappa shape index (κ1) is 17.0. The summed E-state index contributed by atoms with van der Waals surface area (Å²) in [6, 6.07) is 8.94. The number of amides is 1. The molecule has 1 aromatic carbocycles. The second kappa shape index (κ2) is 7.34. The third-order valence-corrected chi connectivity index (χ3v) is 4.27. The van der Waals surface area contributed by atoms with Gasteiger partial charge in [-0.05, 0) is 38.0 Å². The van der Waals surface area contributed by atoms with Gasteiger partial charge in [-0.1, -0.05) is 28.9 Å². The SMILES string of the molecule is Cc1cc(NC(=O)[C@H](C)N[C@H]2CCO[C@H]2c2ccc(Cl)cc2)on1. The van der Waals surface area contributed by atoms with Crippen LogP contribution in [0.25, 0.3) is 0 Å². The Balaban J connectivity index is 1.61. The molecule has 1 fully saturated rings. The Morgan fingerprint density at radius 2 is 2.12 bits per heavy atom. The van der Waals surface area contributed by atoms with E-state index in [1.54, 1.807) is 13.0 Å².